The first-order valence-corrected chi connectivity index (χ1v) is 8.30. The van der Waals surface area contributed by atoms with Crippen molar-refractivity contribution >= 4 is 17.6 Å². The summed E-state index contributed by atoms with van der Waals surface area (Å²) in [4.78, 5) is 12.1. The minimum absolute atomic E-state index is 0.143. The van der Waals surface area contributed by atoms with Gasteiger partial charge in [0.05, 0.1) is 13.2 Å². The van der Waals surface area contributed by atoms with Crippen LogP contribution in [0.5, 0.6) is 5.75 Å². The topological polar surface area (TPSA) is 50.4 Å². The highest BCUT2D eigenvalue weighted by Crippen LogP contribution is 2.25. The van der Waals surface area contributed by atoms with Crippen molar-refractivity contribution in [3.63, 3.8) is 0 Å². The molecular formula is C19H23ClN2O2. The molecule has 24 heavy (non-hydrogen) atoms. The molecule has 4 nitrogen and oxygen atoms in total. The lowest BCUT2D eigenvalue weighted by Gasteiger charge is -2.18. The number of ether oxygens (including phenoxy) is 1. The Morgan fingerprint density at radius 2 is 1.92 bits per heavy atom. The number of methoxy groups -OCH3 is 1. The van der Waals surface area contributed by atoms with Gasteiger partial charge in [0.1, 0.15) is 5.75 Å². The van der Waals surface area contributed by atoms with Gasteiger partial charge in [-0.25, -0.2) is 4.79 Å². The van der Waals surface area contributed by atoms with Gasteiger partial charge in [-0.1, -0.05) is 41.4 Å². The second-order valence-corrected chi connectivity index (χ2v) is 6.18. The number of carbonyl (C=O) groups excluding carboxylic acids is 1. The molecule has 2 N–H and O–H groups in total. The number of halogens is 1. The summed E-state index contributed by atoms with van der Waals surface area (Å²) in [5, 5.41) is 6.53. The molecule has 1 atom stereocenters. The van der Waals surface area contributed by atoms with Gasteiger partial charge in [0, 0.05) is 17.1 Å². The molecule has 0 spiro atoms. The third kappa shape index (κ3) is 5.17. The van der Waals surface area contributed by atoms with Crippen molar-refractivity contribution in [2.24, 2.45) is 0 Å². The highest BCUT2D eigenvalue weighted by Gasteiger charge is 2.14. The molecular weight excluding hydrogens is 324 g/mol. The maximum absolute atomic E-state index is 12.1. The minimum Gasteiger partial charge on any atom is -0.496 e. The second kappa shape index (κ2) is 8.60. The fourth-order valence-corrected chi connectivity index (χ4v) is 2.62. The molecule has 0 fully saturated rings. The van der Waals surface area contributed by atoms with Gasteiger partial charge in [0.2, 0.25) is 0 Å². The second-order valence-electron chi connectivity index (χ2n) is 5.74. The lowest BCUT2D eigenvalue weighted by Crippen LogP contribution is -2.38. The third-order valence-corrected chi connectivity index (χ3v) is 4.06. The number of urea groups is 1. The molecule has 2 amide bonds. The molecule has 0 heterocycles. The molecule has 0 radical (unpaired) electrons. The molecule has 1 unspecified atom stereocenters. The Bertz CT molecular complexity index is 686. The molecule has 2 rings (SSSR count). The molecule has 0 aliphatic rings. The maximum atomic E-state index is 12.1. The molecule has 128 valence electrons. The zero-order valence-electron chi connectivity index (χ0n) is 14.2. The van der Waals surface area contributed by atoms with E-state index in [2.05, 4.69) is 10.6 Å². The van der Waals surface area contributed by atoms with Crippen LogP contribution in [0.4, 0.5) is 4.79 Å². The van der Waals surface area contributed by atoms with Gasteiger partial charge in [-0.2, -0.15) is 0 Å². The zero-order chi connectivity index (χ0) is 17.5. The van der Waals surface area contributed by atoms with Crippen LogP contribution in [0.15, 0.2) is 42.5 Å². The molecule has 5 heteroatoms. The minimum atomic E-state index is -0.194. The monoisotopic (exact) mass is 346 g/mol. The van der Waals surface area contributed by atoms with Gasteiger partial charge in [0.25, 0.3) is 0 Å². The first-order chi connectivity index (χ1) is 11.5. The Kier molecular flexibility index (Phi) is 6.50. The quantitative estimate of drug-likeness (QED) is 0.821. The first kappa shape index (κ1) is 18.1. The van der Waals surface area contributed by atoms with E-state index in [0.717, 1.165) is 28.9 Å². The molecule has 0 aliphatic heterocycles. The van der Waals surface area contributed by atoms with E-state index >= 15 is 0 Å². The molecule has 0 saturated carbocycles. The van der Waals surface area contributed by atoms with Crippen molar-refractivity contribution in [2.75, 3.05) is 13.7 Å². The van der Waals surface area contributed by atoms with Crippen molar-refractivity contribution in [2.45, 2.75) is 26.3 Å². The molecule has 0 aromatic heterocycles. The number of rotatable bonds is 6. The van der Waals surface area contributed by atoms with Crippen LogP contribution < -0.4 is 15.4 Å². The standard InChI is InChI=1S/C19H23ClN2O2/c1-13-4-9-18(24-3)17(12-13)14(2)22-19(23)21-11-10-15-5-7-16(20)8-6-15/h4-9,12,14H,10-11H2,1-3H3,(H2,21,22,23). The molecule has 2 aromatic rings. The van der Waals surface area contributed by atoms with E-state index in [9.17, 15) is 4.79 Å². The number of hydrogen-bond donors (Lipinski definition) is 2. The first-order valence-electron chi connectivity index (χ1n) is 7.93. The third-order valence-electron chi connectivity index (χ3n) is 3.81. The predicted octanol–water partition coefficient (Wildman–Crippen LogP) is 4.26. The largest absolute Gasteiger partial charge is 0.496 e. The average molecular weight is 347 g/mol. The number of hydrogen-bond acceptors (Lipinski definition) is 2. The van der Waals surface area contributed by atoms with Gasteiger partial charge < -0.3 is 15.4 Å². The van der Waals surface area contributed by atoms with Crippen LogP contribution in [0.25, 0.3) is 0 Å². The summed E-state index contributed by atoms with van der Waals surface area (Å²) >= 11 is 5.86. The Morgan fingerprint density at radius 3 is 2.58 bits per heavy atom. The maximum Gasteiger partial charge on any atom is 0.315 e. The molecule has 0 aliphatic carbocycles. The summed E-state index contributed by atoms with van der Waals surface area (Å²) in [5.41, 5.74) is 3.22. The summed E-state index contributed by atoms with van der Waals surface area (Å²) in [7, 11) is 1.63. The van der Waals surface area contributed by atoms with E-state index in [4.69, 9.17) is 16.3 Å². The number of benzene rings is 2. The van der Waals surface area contributed by atoms with Crippen LogP contribution in [-0.4, -0.2) is 19.7 Å². The lowest BCUT2D eigenvalue weighted by atomic mass is 10.0. The Hall–Kier alpha value is -2.20. The fourth-order valence-electron chi connectivity index (χ4n) is 2.49. The van der Waals surface area contributed by atoms with Crippen molar-refractivity contribution in [3.05, 3.63) is 64.2 Å². The van der Waals surface area contributed by atoms with E-state index < -0.39 is 0 Å². The van der Waals surface area contributed by atoms with Crippen molar-refractivity contribution in [3.8, 4) is 5.75 Å². The predicted molar refractivity (Wildman–Crippen MR) is 97.8 cm³/mol. The van der Waals surface area contributed by atoms with E-state index in [0.29, 0.717) is 11.6 Å². The van der Waals surface area contributed by atoms with Gasteiger partial charge in [-0.15, -0.1) is 0 Å². The molecule has 2 aromatic carbocycles. The Labute approximate surface area is 148 Å². The Balaban J connectivity index is 1.85. The van der Waals surface area contributed by atoms with Crippen LogP contribution >= 0.6 is 11.6 Å². The van der Waals surface area contributed by atoms with Crippen LogP contribution in [0.2, 0.25) is 5.02 Å². The highest BCUT2D eigenvalue weighted by atomic mass is 35.5. The fraction of sp³-hybridized carbons (Fsp3) is 0.316. The summed E-state index contributed by atoms with van der Waals surface area (Å²) in [6.07, 6.45) is 0.757. The van der Waals surface area contributed by atoms with Crippen LogP contribution in [-0.2, 0) is 6.42 Å². The lowest BCUT2D eigenvalue weighted by molar-refractivity contribution is 0.238. The van der Waals surface area contributed by atoms with Crippen molar-refractivity contribution in [1.29, 1.82) is 0 Å². The smallest absolute Gasteiger partial charge is 0.315 e. The van der Waals surface area contributed by atoms with E-state index in [1.807, 2.05) is 56.3 Å². The molecule has 0 bridgehead atoms. The summed E-state index contributed by atoms with van der Waals surface area (Å²) in [6.45, 7) is 4.52. The number of nitrogens with one attached hydrogen (secondary N) is 2. The highest BCUT2D eigenvalue weighted by molar-refractivity contribution is 6.30. The normalized spacial score (nSPS) is 11.7. The summed E-state index contributed by atoms with van der Waals surface area (Å²) in [5.74, 6) is 0.773. The summed E-state index contributed by atoms with van der Waals surface area (Å²) in [6, 6.07) is 13.2. The summed E-state index contributed by atoms with van der Waals surface area (Å²) < 4.78 is 5.37. The van der Waals surface area contributed by atoms with Gasteiger partial charge in [-0.3, -0.25) is 0 Å². The molecule has 0 saturated heterocycles. The van der Waals surface area contributed by atoms with Crippen molar-refractivity contribution in [1.82, 2.24) is 10.6 Å². The number of carbonyl (C=O) groups is 1. The van der Waals surface area contributed by atoms with Gasteiger partial charge in [0.15, 0.2) is 0 Å². The van der Waals surface area contributed by atoms with Crippen LogP contribution in [0.3, 0.4) is 0 Å². The van der Waals surface area contributed by atoms with Crippen LogP contribution in [0.1, 0.15) is 29.7 Å². The van der Waals surface area contributed by atoms with Crippen molar-refractivity contribution < 1.29 is 9.53 Å². The van der Waals surface area contributed by atoms with E-state index in [-0.39, 0.29) is 12.1 Å². The van der Waals surface area contributed by atoms with Gasteiger partial charge in [-0.05, 0) is 44.0 Å². The number of amides is 2. The van der Waals surface area contributed by atoms with E-state index in [1.165, 1.54) is 0 Å². The number of aryl methyl sites for hydroxylation is 1. The van der Waals surface area contributed by atoms with E-state index in [1.54, 1.807) is 7.11 Å². The average Bonchev–Trinajstić information content (AvgIpc) is 2.56. The van der Waals surface area contributed by atoms with Gasteiger partial charge >= 0.3 is 6.03 Å². The SMILES string of the molecule is COc1ccc(C)cc1C(C)NC(=O)NCCc1ccc(Cl)cc1. The van der Waals surface area contributed by atoms with Crippen LogP contribution in [0, 0.1) is 6.92 Å². The zero-order valence-corrected chi connectivity index (χ0v) is 15.0. The Morgan fingerprint density at radius 1 is 1.21 bits per heavy atom.